The Kier molecular flexibility index (Phi) is 1.45. The van der Waals surface area contributed by atoms with Crippen molar-refractivity contribution in [1.29, 1.82) is 0 Å². The van der Waals surface area contributed by atoms with Crippen molar-refractivity contribution in [1.82, 2.24) is 0 Å². The molecule has 2 bridgehead atoms. The number of quaternary nitrogens is 2. The van der Waals surface area contributed by atoms with E-state index < -0.39 is 0 Å². The molecular weight excluding hydrogens is 148 g/mol. The highest BCUT2D eigenvalue weighted by atomic mass is 14.9. The van der Waals surface area contributed by atoms with Gasteiger partial charge in [0.1, 0.15) is 12.1 Å². The summed E-state index contributed by atoms with van der Waals surface area (Å²) in [6, 6.07) is 1.17. The minimum atomic E-state index is 0.462. The van der Waals surface area contributed by atoms with Crippen molar-refractivity contribution in [3.8, 4) is 0 Å². The Morgan fingerprint density at radius 2 is 1.75 bits per heavy atom. The van der Waals surface area contributed by atoms with Gasteiger partial charge in [0.15, 0.2) is 0 Å². The largest absolute Gasteiger partial charge is 0.350 e. The molecule has 0 heterocycles. The van der Waals surface area contributed by atoms with Gasteiger partial charge >= 0.3 is 0 Å². The van der Waals surface area contributed by atoms with Crippen molar-refractivity contribution >= 4 is 0 Å². The topological polar surface area (TPSA) is 55.3 Å². The maximum atomic E-state index is 4.31. The van der Waals surface area contributed by atoms with Gasteiger partial charge in [0, 0.05) is 11.3 Å². The fraction of sp³-hybridized carbons (Fsp3) is 1.00. The van der Waals surface area contributed by atoms with Crippen LogP contribution >= 0.6 is 0 Å². The van der Waals surface area contributed by atoms with Crippen LogP contribution in [0.15, 0.2) is 0 Å². The predicted molar refractivity (Wildman–Crippen MR) is 48.0 cm³/mol. The first-order chi connectivity index (χ1) is 5.41. The van der Waals surface area contributed by atoms with Gasteiger partial charge in [-0.25, -0.2) is 0 Å². The van der Waals surface area contributed by atoms with Gasteiger partial charge in [0.2, 0.25) is 0 Å². The Balaban J connectivity index is 2.44. The normalized spacial score (nSPS) is 56.2. The van der Waals surface area contributed by atoms with Crippen LogP contribution in [-0.4, -0.2) is 12.1 Å². The predicted octanol–water partition coefficient (Wildman–Crippen LogP) is -0.336. The van der Waals surface area contributed by atoms with Gasteiger partial charge in [0.25, 0.3) is 0 Å². The molecule has 0 unspecified atom stereocenters. The number of fused-ring (bicyclic) bond motifs is 2. The average molecular weight is 170 g/mol. The Labute approximate surface area is 74.7 Å². The zero-order chi connectivity index (χ0) is 9.15. The fourth-order valence-electron chi connectivity index (χ4n) is 3.73. The maximum absolute atomic E-state index is 4.31. The summed E-state index contributed by atoms with van der Waals surface area (Å²) in [6.45, 7) is 7.23. The molecule has 0 radical (unpaired) electrons. The molecule has 12 heavy (non-hydrogen) atoms. The van der Waals surface area contributed by atoms with Crippen molar-refractivity contribution in [3.63, 3.8) is 0 Å². The van der Waals surface area contributed by atoms with Crippen LogP contribution in [0.2, 0.25) is 0 Å². The Bertz CT molecular complexity index is 212. The van der Waals surface area contributed by atoms with E-state index in [1.165, 1.54) is 12.8 Å². The molecule has 2 heteroatoms. The van der Waals surface area contributed by atoms with Crippen molar-refractivity contribution in [2.75, 3.05) is 0 Å². The molecule has 0 aromatic heterocycles. The zero-order valence-corrected chi connectivity index (χ0v) is 8.56. The van der Waals surface area contributed by atoms with Crippen molar-refractivity contribution in [3.05, 3.63) is 0 Å². The molecule has 4 atom stereocenters. The van der Waals surface area contributed by atoms with Crippen LogP contribution in [0, 0.1) is 16.7 Å². The summed E-state index contributed by atoms with van der Waals surface area (Å²) < 4.78 is 0. The standard InChI is InChI=1S/C10H20N2/c1-9(2)6-4-5-10(9,3)8(12)7(6)11/h6-8H,4-5,11-12H2,1-3H3/p+2/t6-,7-,8-,10-/m1/s1. The molecule has 0 aromatic carbocycles. The van der Waals surface area contributed by atoms with Gasteiger partial charge in [-0.15, -0.1) is 0 Å². The lowest BCUT2D eigenvalue weighted by atomic mass is 9.69. The van der Waals surface area contributed by atoms with Gasteiger partial charge in [-0.3, -0.25) is 0 Å². The van der Waals surface area contributed by atoms with Gasteiger partial charge in [-0.2, -0.15) is 0 Å². The second-order valence-corrected chi connectivity index (χ2v) is 5.55. The monoisotopic (exact) mass is 170 g/mol. The molecule has 2 fully saturated rings. The first kappa shape index (κ1) is 8.52. The fourth-order valence-corrected chi connectivity index (χ4v) is 3.73. The van der Waals surface area contributed by atoms with Crippen molar-refractivity contribution < 1.29 is 11.5 Å². The van der Waals surface area contributed by atoms with Crippen LogP contribution in [0.5, 0.6) is 0 Å². The number of hydrogen-bond acceptors (Lipinski definition) is 0. The lowest BCUT2D eigenvalue weighted by molar-refractivity contribution is -0.543. The Hall–Kier alpha value is -0.0800. The highest BCUT2D eigenvalue weighted by molar-refractivity contribution is 5.13. The molecule has 2 saturated carbocycles. The van der Waals surface area contributed by atoms with Crippen LogP contribution in [0.25, 0.3) is 0 Å². The van der Waals surface area contributed by atoms with Gasteiger partial charge in [-0.05, 0) is 18.3 Å². The van der Waals surface area contributed by atoms with E-state index in [4.69, 9.17) is 0 Å². The van der Waals surface area contributed by atoms with E-state index in [2.05, 4.69) is 32.2 Å². The average Bonchev–Trinajstić information content (AvgIpc) is 2.26. The molecule has 0 amide bonds. The maximum Gasteiger partial charge on any atom is 0.143 e. The van der Waals surface area contributed by atoms with Crippen LogP contribution in [0.3, 0.4) is 0 Å². The molecule has 2 nitrogen and oxygen atoms in total. The molecule has 0 aromatic rings. The first-order valence-electron chi connectivity index (χ1n) is 5.07. The molecule has 70 valence electrons. The minimum Gasteiger partial charge on any atom is -0.350 e. The van der Waals surface area contributed by atoms with Crippen molar-refractivity contribution in [2.45, 2.75) is 45.7 Å². The molecule has 0 spiro atoms. The third-order valence-corrected chi connectivity index (χ3v) is 5.23. The molecule has 2 rings (SSSR count). The van der Waals surface area contributed by atoms with E-state index >= 15 is 0 Å². The lowest BCUT2D eigenvalue weighted by Crippen LogP contribution is -2.82. The van der Waals surface area contributed by atoms with E-state index in [9.17, 15) is 0 Å². The van der Waals surface area contributed by atoms with Crippen LogP contribution < -0.4 is 11.5 Å². The van der Waals surface area contributed by atoms with Gasteiger partial charge in [-0.1, -0.05) is 20.8 Å². The summed E-state index contributed by atoms with van der Waals surface area (Å²) in [5.74, 6) is 0.824. The van der Waals surface area contributed by atoms with E-state index in [1.54, 1.807) is 0 Å². The van der Waals surface area contributed by atoms with E-state index in [0.717, 1.165) is 5.92 Å². The second kappa shape index (κ2) is 2.05. The highest BCUT2D eigenvalue weighted by Crippen LogP contribution is 2.63. The third-order valence-electron chi connectivity index (χ3n) is 5.23. The van der Waals surface area contributed by atoms with Gasteiger partial charge < -0.3 is 11.5 Å². The summed E-state index contributed by atoms with van der Waals surface area (Å²) in [5, 5.41) is 0. The number of hydrogen-bond donors (Lipinski definition) is 2. The van der Waals surface area contributed by atoms with E-state index in [-0.39, 0.29) is 0 Å². The SMILES string of the molecule is CC1(C)[C@@H]2CC[C@]1(C)[C@H]([NH3+])[C@@H]2[NH3+]. The molecule has 0 aliphatic heterocycles. The lowest BCUT2D eigenvalue weighted by Gasteiger charge is -2.34. The van der Waals surface area contributed by atoms with E-state index in [1.807, 2.05) is 0 Å². The molecule has 2 aliphatic rings. The van der Waals surface area contributed by atoms with Crippen LogP contribution in [0.4, 0.5) is 0 Å². The van der Waals surface area contributed by atoms with Crippen LogP contribution in [0.1, 0.15) is 33.6 Å². The highest BCUT2D eigenvalue weighted by Gasteiger charge is 2.68. The third kappa shape index (κ3) is 0.647. The smallest absolute Gasteiger partial charge is 0.143 e. The zero-order valence-electron chi connectivity index (χ0n) is 8.56. The van der Waals surface area contributed by atoms with Gasteiger partial charge in [0.05, 0.1) is 0 Å². The second-order valence-electron chi connectivity index (χ2n) is 5.55. The van der Waals surface area contributed by atoms with E-state index in [0.29, 0.717) is 22.9 Å². The molecule has 6 N–H and O–H groups in total. The minimum absolute atomic E-state index is 0.462. The Morgan fingerprint density at radius 1 is 1.17 bits per heavy atom. The summed E-state index contributed by atoms with van der Waals surface area (Å²) in [7, 11) is 0. The molecule has 0 saturated heterocycles. The van der Waals surface area contributed by atoms with Crippen molar-refractivity contribution in [2.24, 2.45) is 16.7 Å². The Morgan fingerprint density at radius 3 is 2.00 bits per heavy atom. The summed E-state index contributed by atoms with van der Waals surface area (Å²) in [4.78, 5) is 0. The quantitative estimate of drug-likeness (QED) is 0.500. The first-order valence-corrected chi connectivity index (χ1v) is 5.07. The molecular formula is C10H22N2+2. The summed E-state index contributed by atoms with van der Waals surface area (Å²) in [5.41, 5.74) is 9.53. The van der Waals surface area contributed by atoms with Crippen LogP contribution in [-0.2, 0) is 0 Å². The number of rotatable bonds is 0. The molecule has 2 aliphatic carbocycles. The summed E-state index contributed by atoms with van der Waals surface area (Å²) >= 11 is 0. The summed E-state index contributed by atoms with van der Waals surface area (Å²) in [6.07, 6.45) is 2.74.